The molecule has 0 atom stereocenters. The summed E-state index contributed by atoms with van der Waals surface area (Å²) in [6, 6.07) is 42.8. The number of hydrogen-bond acceptors (Lipinski definition) is 2. The summed E-state index contributed by atoms with van der Waals surface area (Å²) in [6.07, 6.45) is 16.3. The molecule has 0 heterocycles. The van der Waals surface area contributed by atoms with Crippen molar-refractivity contribution in [2.24, 2.45) is 0 Å². The van der Waals surface area contributed by atoms with Crippen molar-refractivity contribution in [3.8, 4) is 0 Å². The van der Waals surface area contributed by atoms with E-state index in [-0.39, 0.29) is 11.6 Å². The predicted molar refractivity (Wildman–Crippen MR) is 224 cm³/mol. The summed E-state index contributed by atoms with van der Waals surface area (Å²) in [5.74, 6) is 0.474. The van der Waals surface area contributed by atoms with E-state index >= 15 is 0 Å². The Morgan fingerprint density at radius 2 is 0.673 bits per heavy atom. The fourth-order valence-corrected chi connectivity index (χ4v) is 7.07. The Labute approximate surface area is 307 Å². The van der Waals surface area contributed by atoms with Gasteiger partial charge in [0.2, 0.25) is 0 Å². The zero-order chi connectivity index (χ0) is 35.9. The average molecular weight is 679 g/mol. The molecule has 7 rings (SSSR count). The highest BCUT2D eigenvalue weighted by Crippen LogP contribution is 2.28. The van der Waals surface area contributed by atoms with Crippen LogP contribution >= 0.6 is 0 Å². The van der Waals surface area contributed by atoms with Crippen molar-refractivity contribution in [2.75, 3.05) is 0 Å². The van der Waals surface area contributed by atoms with Gasteiger partial charge in [-0.2, -0.15) is 0 Å². The number of ketones is 2. The van der Waals surface area contributed by atoms with Crippen molar-refractivity contribution in [3.05, 3.63) is 155 Å². The van der Waals surface area contributed by atoms with Crippen LogP contribution in [0.15, 0.2) is 121 Å². The first kappa shape index (κ1) is 34.8. The van der Waals surface area contributed by atoms with Crippen molar-refractivity contribution in [2.45, 2.75) is 65.2 Å². The summed E-state index contributed by atoms with van der Waals surface area (Å²) in [7, 11) is 0. The molecule has 0 amide bonds. The summed E-state index contributed by atoms with van der Waals surface area (Å²) >= 11 is 0. The van der Waals surface area contributed by atoms with Gasteiger partial charge in [0, 0.05) is 24.0 Å². The van der Waals surface area contributed by atoms with Gasteiger partial charge in [-0.05, 0) is 127 Å². The van der Waals surface area contributed by atoms with E-state index in [0.717, 1.165) is 93.5 Å². The van der Waals surface area contributed by atoms with E-state index in [1.54, 1.807) is 0 Å². The molecule has 0 aromatic heterocycles. The lowest BCUT2D eigenvalue weighted by Gasteiger charge is -2.06. The molecule has 0 aliphatic rings. The minimum absolute atomic E-state index is 0.237. The fourth-order valence-electron chi connectivity index (χ4n) is 7.07. The Hall–Kier alpha value is -5.60. The van der Waals surface area contributed by atoms with E-state index in [0.29, 0.717) is 12.8 Å². The SMILES string of the molecule is CCCCCC(=O)c1ccc2cc(/C=C/c3ccc4cc5cc(/C=C/c6ccc7cc(C(=O)CCCCC)ccc7c6)ccc5cc4c3)ccc2c1. The third-order valence-electron chi connectivity index (χ3n) is 10.2. The molecule has 0 unspecified atom stereocenters. The zero-order valence-corrected chi connectivity index (χ0v) is 30.3. The maximum absolute atomic E-state index is 12.6. The number of hydrogen-bond donors (Lipinski definition) is 0. The third kappa shape index (κ3) is 8.30. The van der Waals surface area contributed by atoms with E-state index in [1.165, 1.54) is 21.5 Å². The van der Waals surface area contributed by atoms with E-state index in [4.69, 9.17) is 0 Å². The number of rotatable bonds is 14. The highest BCUT2D eigenvalue weighted by Gasteiger charge is 2.08. The van der Waals surface area contributed by atoms with Crippen molar-refractivity contribution in [1.82, 2.24) is 0 Å². The molecule has 0 N–H and O–H groups in total. The van der Waals surface area contributed by atoms with E-state index < -0.39 is 0 Å². The molecule has 2 heteroatoms. The van der Waals surface area contributed by atoms with Crippen LogP contribution in [0.5, 0.6) is 0 Å². The summed E-state index contributed by atoms with van der Waals surface area (Å²) in [6.45, 7) is 4.32. The van der Waals surface area contributed by atoms with Crippen LogP contribution < -0.4 is 0 Å². The molecule has 2 nitrogen and oxygen atoms in total. The lowest BCUT2D eigenvalue weighted by Crippen LogP contribution is -1.98. The number of Topliss-reactive ketones (excluding diaryl/α,β-unsaturated/α-hetero) is 2. The number of benzene rings is 7. The quantitative estimate of drug-likeness (QED) is 0.0496. The Balaban J connectivity index is 1.03. The largest absolute Gasteiger partial charge is 0.294 e. The maximum atomic E-state index is 12.6. The van der Waals surface area contributed by atoms with Gasteiger partial charge in [0.1, 0.15) is 0 Å². The first-order chi connectivity index (χ1) is 25.4. The molecule has 0 aliphatic heterocycles. The molecule has 258 valence electrons. The van der Waals surface area contributed by atoms with Crippen LogP contribution in [0.2, 0.25) is 0 Å². The molecule has 0 aliphatic carbocycles. The second-order valence-electron chi connectivity index (χ2n) is 14.1. The second-order valence-corrected chi connectivity index (χ2v) is 14.1. The van der Waals surface area contributed by atoms with Gasteiger partial charge in [-0.1, -0.05) is 137 Å². The second kappa shape index (κ2) is 16.2. The van der Waals surface area contributed by atoms with Gasteiger partial charge in [0.05, 0.1) is 0 Å². The van der Waals surface area contributed by atoms with Crippen LogP contribution in [0, 0.1) is 0 Å². The smallest absolute Gasteiger partial charge is 0.162 e. The van der Waals surface area contributed by atoms with Gasteiger partial charge in [0.25, 0.3) is 0 Å². The fraction of sp³-hybridized carbons (Fsp3) is 0.200. The van der Waals surface area contributed by atoms with Gasteiger partial charge in [-0.15, -0.1) is 0 Å². The van der Waals surface area contributed by atoms with Crippen LogP contribution in [0.4, 0.5) is 0 Å². The van der Waals surface area contributed by atoms with Crippen LogP contribution in [0.3, 0.4) is 0 Å². The third-order valence-corrected chi connectivity index (χ3v) is 10.2. The van der Waals surface area contributed by atoms with Crippen molar-refractivity contribution in [1.29, 1.82) is 0 Å². The van der Waals surface area contributed by atoms with Crippen LogP contribution in [0.25, 0.3) is 67.4 Å². The molecule has 7 aromatic rings. The molecule has 0 saturated heterocycles. The average Bonchev–Trinajstić information content (AvgIpc) is 3.17. The molecular formula is C50H46O2. The van der Waals surface area contributed by atoms with Crippen LogP contribution in [-0.2, 0) is 0 Å². The van der Waals surface area contributed by atoms with Crippen LogP contribution in [0.1, 0.15) is 108 Å². The Kier molecular flexibility index (Phi) is 10.8. The monoisotopic (exact) mass is 678 g/mol. The molecule has 7 aromatic carbocycles. The molecule has 0 radical (unpaired) electrons. The van der Waals surface area contributed by atoms with Gasteiger partial charge in [0.15, 0.2) is 11.6 Å². The summed E-state index contributed by atoms with van der Waals surface area (Å²) in [5, 5.41) is 9.36. The lowest BCUT2D eigenvalue weighted by atomic mass is 9.98. The number of unbranched alkanes of at least 4 members (excludes halogenated alkanes) is 4. The minimum Gasteiger partial charge on any atom is -0.294 e. The Morgan fingerprint density at radius 1 is 0.365 bits per heavy atom. The normalized spacial score (nSPS) is 11.9. The van der Waals surface area contributed by atoms with Gasteiger partial charge in [-0.3, -0.25) is 9.59 Å². The lowest BCUT2D eigenvalue weighted by molar-refractivity contribution is 0.0971. The summed E-state index contributed by atoms with van der Waals surface area (Å²) in [5.41, 5.74) is 6.21. The molecule has 0 spiro atoms. The zero-order valence-electron chi connectivity index (χ0n) is 30.3. The van der Waals surface area contributed by atoms with E-state index in [9.17, 15) is 9.59 Å². The van der Waals surface area contributed by atoms with Crippen molar-refractivity contribution >= 4 is 79.0 Å². The van der Waals surface area contributed by atoms with E-state index in [1.807, 2.05) is 24.3 Å². The summed E-state index contributed by atoms with van der Waals surface area (Å²) in [4.78, 5) is 25.2. The Bertz CT molecular complexity index is 2300. The number of carbonyl (C=O) groups is 2. The molecule has 0 fully saturated rings. The van der Waals surface area contributed by atoms with Crippen molar-refractivity contribution < 1.29 is 9.59 Å². The van der Waals surface area contributed by atoms with E-state index in [2.05, 4.69) is 135 Å². The highest BCUT2D eigenvalue weighted by molar-refractivity contribution is 6.02. The molecular weight excluding hydrogens is 633 g/mol. The topological polar surface area (TPSA) is 34.1 Å². The first-order valence-corrected chi connectivity index (χ1v) is 18.9. The first-order valence-electron chi connectivity index (χ1n) is 18.9. The van der Waals surface area contributed by atoms with Gasteiger partial charge in [-0.25, -0.2) is 0 Å². The Morgan fingerprint density at radius 3 is 1.04 bits per heavy atom. The van der Waals surface area contributed by atoms with Gasteiger partial charge < -0.3 is 0 Å². The number of carbonyl (C=O) groups excluding carboxylic acids is 2. The van der Waals surface area contributed by atoms with Gasteiger partial charge >= 0.3 is 0 Å². The highest BCUT2D eigenvalue weighted by atomic mass is 16.1. The standard InChI is InChI=1S/C50H46O2/c1-3-5-7-9-49(51)45-25-23-39-27-35(15-19-41(39)31-45)11-13-37-17-21-43-34-48-30-38(18-22-44(48)33-47(43)29-37)14-12-36-16-20-42-32-46(26-24-40(42)28-36)50(52)10-8-6-4-2/h11-34H,3-10H2,1-2H3/b13-11+,14-12+. The molecule has 52 heavy (non-hydrogen) atoms. The maximum Gasteiger partial charge on any atom is 0.162 e. The number of fused-ring (bicyclic) bond motifs is 4. The summed E-state index contributed by atoms with van der Waals surface area (Å²) < 4.78 is 0. The minimum atomic E-state index is 0.237. The van der Waals surface area contributed by atoms with Crippen molar-refractivity contribution in [3.63, 3.8) is 0 Å². The molecule has 0 bridgehead atoms. The van der Waals surface area contributed by atoms with Crippen LogP contribution in [-0.4, -0.2) is 11.6 Å². The molecule has 0 saturated carbocycles. The predicted octanol–water partition coefficient (Wildman–Crippen LogP) is 14.2.